The van der Waals surface area contributed by atoms with Crippen LogP contribution < -0.4 is 0 Å². The number of sulfone groups is 1. The summed E-state index contributed by atoms with van der Waals surface area (Å²) in [7, 11) is -2.71. The molecule has 2 aromatic carbocycles. The van der Waals surface area contributed by atoms with Gasteiger partial charge in [-0.05, 0) is 29.5 Å². The predicted molar refractivity (Wildman–Crippen MR) is 86.4 cm³/mol. The highest BCUT2D eigenvalue weighted by Crippen LogP contribution is 2.35. The maximum Gasteiger partial charge on any atom is 0.453 e. The third kappa shape index (κ3) is 2.23. The smallest absolute Gasteiger partial charge is 0.450 e. The van der Waals surface area contributed by atoms with E-state index in [0.29, 0.717) is 10.4 Å². The lowest BCUT2D eigenvalue weighted by molar-refractivity contribution is 0.103. The van der Waals surface area contributed by atoms with Gasteiger partial charge in [0, 0.05) is 16.7 Å². The summed E-state index contributed by atoms with van der Waals surface area (Å²) in [6.07, 6.45) is -0.835. The van der Waals surface area contributed by atoms with Crippen molar-refractivity contribution in [2.75, 3.05) is 7.11 Å². The van der Waals surface area contributed by atoms with Crippen molar-refractivity contribution in [2.45, 2.75) is 9.79 Å². The molecule has 26 heavy (non-hydrogen) atoms. The largest absolute Gasteiger partial charge is 0.453 e. The highest BCUT2D eigenvalue weighted by atomic mass is 32.2. The molecule has 0 amide bonds. The van der Waals surface area contributed by atoms with Gasteiger partial charge in [-0.3, -0.25) is 4.79 Å². The number of nitrogens with zero attached hydrogens (tertiary/aromatic N) is 4. The van der Waals surface area contributed by atoms with E-state index in [1.807, 2.05) is 0 Å². The number of tetrazole rings is 1. The molecule has 130 valence electrons. The van der Waals surface area contributed by atoms with E-state index in [9.17, 15) is 18.0 Å². The van der Waals surface area contributed by atoms with E-state index < -0.39 is 15.9 Å². The highest BCUT2D eigenvalue weighted by molar-refractivity contribution is 7.91. The first kappa shape index (κ1) is 16.1. The average molecular weight is 370 g/mol. The van der Waals surface area contributed by atoms with Crippen LogP contribution in [0, 0.1) is 0 Å². The standard InChI is InChI=1S/C16H10N4O5S/c1-25-16(22)20-18-15(17-19-20)9-6-7-11-13(8-9)26(23,24)12-5-3-2-4-10(12)14(11)21/h2-8H,1H3. The predicted octanol–water partition coefficient (Wildman–Crippen LogP) is 1.33. The lowest BCUT2D eigenvalue weighted by atomic mass is 10.0. The number of fused-ring (bicyclic) bond motifs is 2. The van der Waals surface area contributed by atoms with Crippen LogP contribution in [0.5, 0.6) is 0 Å². The van der Waals surface area contributed by atoms with Gasteiger partial charge >= 0.3 is 6.09 Å². The monoisotopic (exact) mass is 370 g/mol. The molecule has 0 unspecified atom stereocenters. The van der Waals surface area contributed by atoms with Crippen molar-refractivity contribution in [3.63, 3.8) is 0 Å². The zero-order valence-corrected chi connectivity index (χ0v) is 14.1. The molecule has 0 radical (unpaired) electrons. The Morgan fingerprint density at radius 2 is 1.81 bits per heavy atom. The number of carbonyl (C=O) groups excluding carboxylic acids is 2. The number of hydrogen-bond acceptors (Lipinski definition) is 8. The van der Waals surface area contributed by atoms with Crippen molar-refractivity contribution in [1.82, 2.24) is 20.2 Å². The summed E-state index contributed by atoms with van der Waals surface area (Å²) < 4.78 is 30.3. The Balaban J connectivity index is 1.87. The number of rotatable bonds is 1. The van der Waals surface area contributed by atoms with E-state index in [-0.39, 0.29) is 32.5 Å². The van der Waals surface area contributed by atoms with Crippen LogP contribution in [-0.4, -0.2) is 47.6 Å². The number of carbonyl (C=O) groups is 2. The Hall–Kier alpha value is -3.40. The molecule has 0 bridgehead atoms. The Morgan fingerprint density at radius 1 is 1.08 bits per heavy atom. The number of hydrogen-bond donors (Lipinski definition) is 0. The van der Waals surface area contributed by atoms with Crippen LogP contribution in [0.3, 0.4) is 0 Å². The third-order valence-corrected chi connectivity index (χ3v) is 5.80. The summed E-state index contributed by atoms with van der Waals surface area (Å²) in [6.45, 7) is 0. The molecule has 4 rings (SSSR count). The maximum atomic E-state index is 12.9. The van der Waals surface area contributed by atoms with Gasteiger partial charge in [-0.15, -0.1) is 10.2 Å². The van der Waals surface area contributed by atoms with Crippen molar-refractivity contribution in [2.24, 2.45) is 0 Å². The molecule has 0 saturated heterocycles. The summed E-state index contributed by atoms with van der Waals surface area (Å²) in [5.74, 6) is -0.345. The molecule has 0 atom stereocenters. The SMILES string of the molecule is COC(=O)n1nnc(-c2ccc3c(c2)S(=O)(=O)c2ccccc2C3=O)n1. The summed E-state index contributed by atoms with van der Waals surface area (Å²) in [4.78, 5) is 24.5. The molecule has 0 saturated carbocycles. The van der Waals surface area contributed by atoms with Crippen molar-refractivity contribution < 1.29 is 22.7 Å². The number of ketones is 1. The molecule has 0 fully saturated rings. The third-order valence-electron chi connectivity index (χ3n) is 3.95. The number of benzene rings is 2. The Labute approximate surface area is 147 Å². The van der Waals surface area contributed by atoms with Crippen LogP contribution in [0.2, 0.25) is 0 Å². The van der Waals surface area contributed by atoms with Gasteiger partial charge in [0.05, 0.1) is 16.9 Å². The topological polar surface area (TPSA) is 121 Å². The molecule has 0 aliphatic carbocycles. The molecule has 2 heterocycles. The van der Waals surface area contributed by atoms with Gasteiger partial charge in [0.15, 0.2) is 5.78 Å². The summed E-state index contributed by atoms with van der Waals surface area (Å²) >= 11 is 0. The van der Waals surface area contributed by atoms with Crippen molar-refractivity contribution >= 4 is 21.7 Å². The van der Waals surface area contributed by atoms with Gasteiger partial charge in [-0.1, -0.05) is 23.0 Å². The minimum Gasteiger partial charge on any atom is -0.450 e. The van der Waals surface area contributed by atoms with E-state index in [1.165, 1.54) is 37.4 Å². The maximum absolute atomic E-state index is 12.9. The molecule has 1 aromatic heterocycles. The molecule has 3 aromatic rings. The normalized spacial score (nSPS) is 14.4. The molecule has 1 aliphatic rings. The number of methoxy groups -OCH3 is 1. The number of aromatic nitrogens is 4. The average Bonchev–Trinajstić information content (AvgIpc) is 3.15. The van der Waals surface area contributed by atoms with E-state index >= 15 is 0 Å². The zero-order valence-electron chi connectivity index (χ0n) is 13.3. The molecule has 9 nitrogen and oxygen atoms in total. The van der Waals surface area contributed by atoms with E-state index in [4.69, 9.17) is 0 Å². The van der Waals surface area contributed by atoms with Crippen LogP contribution in [0.1, 0.15) is 15.9 Å². The van der Waals surface area contributed by atoms with Gasteiger partial charge in [0.25, 0.3) is 0 Å². The Bertz CT molecular complexity index is 1180. The van der Waals surface area contributed by atoms with Gasteiger partial charge < -0.3 is 4.74 Å². The lowest BCUT2D eigenvalue weighted by Gasteiger charge is -2.18. The molecular weight excluding hydrogens is 360 g/mol. The van der Waals surface area contributed by atoms with Gasteiger partial charge in [0.2, 0.25) is 15.7 Å². The minimum atomic E-state index is -3.87. The lowest BCUT2D eigenvalue weighted by Crippen LogP contribution is -2.20. The van der Waals surface area contributed by atoms with Crippen LogP contribution in [-0.2, 0) is 14.6 Å². The molecule has 0 spiro atoms. The van der Waals surface area contributed by atoms with Crippen molar-refractivity contribution in [1.29, 1.82) is 0 Å². The van der Waals surface area contributed by atoms with Gasteiger partial charge in [-0.2, -0.15) is 0 Å². The van der Waals surface area contributed by atoms with Crippen molar-refractivity contribution in [3.8, 4) is 11.4 Å². The van der Waals surface area contributed by atoms with Gasteiger partial charge in [0.1, 0.15) is 0 Å². The second-order valence-corrected chi connectivity index (χ2v) is 7.30. The van der Waals surface area contributed by atoms with Crippen LogP contribution >= 0.6 is 0 Å². The Morgan fingerprint density at radius 3 is 2.58 bits per heavy atom. The van der Waals surface area contributed by atoms with E-state index in [1.54, 1.807) is 12.1 Å². The fraction of sp³-hybridized carbons (Fsp3) is 0.0625. The van der Waals surface area contributed by atoms with Crippen LogP contribution in [0.15, 0.2) is 52.3 Å². The van der Waals surface area contributed by atoms with E-state index in [2.05, 4.69) is 20.1 Å². The number of ether oxygens (including phenoxy) is 1. The first-order chi connectivity index (χ1) is 12.4. The molecule has 1 aliphatic heterocycles. The fourth-order valence-corrected chi connectivity index (χ4v) is 4.39. The second kappa shape index (κ2) is 5.56. The van der Waals surface area contributed by atoms with Crippen LogP contribution in [0.25, 0.3) is 11.4 Å². The molecule has 0 N–H and O–H groups in total. The minimum absolute atomic E-state index is 0.0275. The second-order valence-electron chi connectivity index (χ2n) is 5.41. The fourth-order valence-electron chi connectivity index (χ4n) is 2.71. The van der Waals surface area contributed by atoms with Crippen LogP contribution in [0.4, 0.5) is 4.79 Å². The summed E-state index contributed by atoms with van der Waals surface area (Å²) in [5.41, 5.74) is 0.518. The van der Waals surface area contributed by atoms with Crippen molar-refractivity contribution in [3.05, 3.63) is 53.6 Å². The highest BCUT2D eigenvalue weighted by Gasteiger charge is 2.34. The van der Waals surface area contributed by atoms with E-state index in [0.717, 1.165) is 0 Å². The first-order valence-corrected chi connectivity index (χ1v) is 8.83. The molecular formula is C16H10N4O5S. The van der Waals surface area contributed by atoms with Gasteiger partial charge in [-0.25, -0.2) is 13.2 Å². The summed E-state index contributed by atoms with van der Waals surface area (Å²) in [6, 6.07) is 10.2. The quantitative estimate of drug-likeness (QED) is 0.492. The Kier molecular flexibility index (Phi) is 3.44. The summed E-state index contributed by atoms with van der Waals surface area (Å²) in [5, 5.41) is 11.1. The molecule has 10 heteroatoms. The zero-order chi connectivity index (χ0) is 18.5. The first-order valence-electron chi connectivity index (χ1n) is 7.35.